The van der Waals surface area contributed by atoms with Crippen molar-refractivity contribution in [1.29, 1.82) is 0 Å². The van der Waals surface area contributed by atoms with Crippen molar-refractivity contribution in [2.45, 2.75) is 0 Å². The first-order valence-electron chi connectivity index (χ1n) is 22.5. The second kappa shape index (κ2) is 18.5. The maximum Gasteiger partial charge on any atom is 0.301 e. The summed E-state index contributed by atoms with van der Waals surface area (Å²) in [5.41, 5.74) is 14.0. The molecule has 0 saturated carbocycles. The lowest BCUT2D eigenvalue weighted by atomic mass is 9.96. The molecule has 0 bridgehead atoms. The van der Waals surface area contributed by atoms with Crippen molar-refractivity contribution in [3.05, 3.63) is 267 Å². The van der Waals surface area contributed by atoms with Crippen molar-refractivity contribution >= 4 is 72.3 Å². The highest BCUT2D eigenvalue weighted by atomic mass is 31.2. The SMILES string of the molecule is O=P1(c2cc(-c3ccccc3)cc(-c3cc(PN(c4ccccc4)c4ccccc4Nc4ccccc4)cc(-c4ccccc4)c3)c2)N(c2ccccc2)c2ccccc2N1c1ccccc1. The van der Waals surface area contributed by atoms with Gasteiger partial charge in [-0.05, 0) is 148 Å². The van der Waals surface area contributed by atoms with Gasteiger partial charge in [0, 0.05) is 31.5 Å². The molecule has 1 heterocycles. The number of hydrogen-bond acceptors (Lipinski definition) is 3. The van der Waals surface area contributed by atoms with Gasteiger partial charge >= 0.3 is 7.44 Å². The van der Waals surface area contributed by atoms with Gasteiger partial charge in [0.15, 0.2) is 0 Å². The van der Waals surface area contributed by atoms with E-state index in [1.165, 1.54) is 0 Å². The maximum absolute atomic E-state index is 17.1. The molecule has 11 rings (SSSR count). The molecular formula is C60H46N4OP2. The molecule has 0 aliphatic carbocycles. The van der Waals surface area contributed by atoms with E-state index >= 15 is 4.57 Å². The Balaban J connectivity index is 1.12. The van der Waals surface area contributed by atoms with Crippen LogP contribution in [0.5, 0.6) is 0 Å². The van der Waals surface area contributed by atoms with Crippen LogP contribution in [0.15, 0.2) is 267 Å². The third-order valence-electron chi connectivity index (χ3n) is 12.1. The molecular weight excluding hydrogens is 855 g/mol. The molecule has 10 aromatic carbocycles. The molecule has 0 aromatic heterocycles. The molecule has 67 heavy (non-hydrogen) atoms. The summed E-state index contributed by atoms with van der Waals surface area (Å²) in [6, 6.07) is 92.6. The van der Waals surface area contributed by atoms with Crippen molar-refractivity contribution in [2.75, 3.05) is 19.3 Å². The fourth-order valence-corrected chi connectivity index (χ4v) is 13.3. The number of nitrogens with one attached hydrogen (secondary N) is 1. The summed E-state index contributed by atoms with van der Waals surface area (Å²) in [6.45, 7) is 0. The Morgan fingerprint density at radius 1 is 0.388 bits per heavy atom. The largest absolute Gasteiger partial charge is 0.354 e. The molecule has 0 fully saturated rings. The summed E-state index contributed by atoms with van der Waals surface area (Å²) in [5.74, 6) is 0. The van der Waals surface area contributed by atoms with Gasteiger partial charge in [0.25, 0.3) is 0 Å². The molecule has 1 unspecified atom stereocenters. The monoisotopic (exact) mass is 900 g/mol. The fourth-order valence-electron chi connectivity index (χ4n) is 8.99. The second-order valence-corrected chi connectivity index (χ2v) is 20.1. The Hall–Kier alpha value is -7.94. The molecule has 1 aliphatic rings. The third-order valence-corrected chi connectivity index (χ3v) is 16.2. The van der Waals surface area contributed by atoms with E-state index in [-0.39, 0.29) is 8.73 Å². The molecule has 0 amide bonds. The highest BCUT2D eigenvalue weighted by Crippen LogP contribution is 2.70. The van der Waals surface area contributed by atoms with Gasteiger partial charge in [0.2, 0.25) is 0 Å². The van der Waals surface area contributed by atoms with E-state index in [4.69, 9.17) is 0 Å². The molecule has 7 heteroatoms. The van der Waals surface area contributed by atoms with Crippen molar-refractivity contribution in [3.8, 4) is 33.4 Å². The summed E-state index contributed by atoms with van der Waals surface area (Å²) >= 11 is 0. The Morgan fingerprint density at radius 3 is 1.33 bits per heavy atom. The first kappa shape index (κ1) is 41.7. The average molecular weight is 901 g/mol. The predicted octanol–water partition coefficient (Wildman–Crippen LogP) is 16.3. The highest BCUT2D eigenvalue weighted by Gasteiger charge is 2.49. The van der Waals surface area contributed by atoms with Gasteiger partial charge in [-0.3, -0.25) is 13.9 Å². The van der Waals surface area contributed by atoms with Crippen LogP contribution in [-0.2, 0) is 4.57 Å². The predicted molar refractivity (Wildman–Crippen MR) is 286 cm³/mol. The highest BCUT2D eigenvalue weighted by molar-refractivity contribution is 7.76. The van der Waals surface area contributed by atoms with Crippen molar-refractivity contribution in [1.82, 2.24) is 0 Å². The number of fused-ring (bicyclic) bond motifs is 1. The molecule has 1 atom stereocenters. The normalized spacial score (nSPS) is 12.8. The Labute approximate surface area is 394 Å². The van der Waals surface area contributed by atoms with Gasteiger partial charge in [0.05, 0.1) is 28.1 Å². The van der Waals surface area contributed by atoms with Gasteiger partial charge in [-0.1, -0.05) is 158 Å². The molecule has 322 valence electrons. The zero-order valence-corrected chi connectivity index (χ0v) is 38.5. The zero-order chi connectivity index (χ0) is 45.0. The van der Waals surface area contributed by atoms with Gasteiger partial charge in [-0.15, -0.1) is 0 Å². The number of para-hydroxylation sites is 8. The quantitative estimate of drug-likeness (QED) is 0.124. The average Bonchev–Trinajstić information content (AvgIpc) is 3.68. The summed E-state index contributed by atoms with van der Waals surface area (Å²) in [6.07, 6.45) is 0. The van der Waals surface area contributed by atoms with Crippen LogP contribution in [0.2, 0.25) is 0 Å². The van der Waals surface area contributed by atoms with Crippen LogP contribution in [0.1, 0.15) is 0 Å². The lowest BCUT2D eigenvalue weighted by Gasteiger charge is -2.34. The van der Waals surface area contributed by atoms with Crippen LogP contribution < -0.4 is 29.9 Å². The lowest BCUT2D eigenvalue weighted by molar-refractivity contribution is 0.582. The van der Waals surface area contributed by atoms with Crippen LogP contribution in [0.3, 0.4) is 0 Å². The van der Waals surface area contributed by atoms with E-state index < -0.39 is 7.44 Å². The minimum Gasteiger partial charge on any atom is -0.354 e. The summed E-state index contributed by atoms with van der Waals surface area (Å²) in [4.78, 5) is 0. The van der Waals surface area contributed by atoms with E-state index in [9.17, 15) is 0 Å². The smallest absolute Gasteiger partial charge is 0.301 e. The molecule has 1 N–H and O–H groups in total. The fraction of sp³-hybridized carbons (Fsp3) is 0. The topological polar surface area (TPSA) is 38.8 Å². The van der Waals surface area contributed by atoms with E-state index in [0.717, 1.165) is 89.5 Å². The Kier molecular flexibility index (Phi) is 11.5. The first-order valence-corrected chi connectivity index (χ1v) is 25.0. The first-order chi connectivity index (χ1) is 33.1. The standard InChI is InChI=1S/C60H46N4OP2/c65-67(63(53-31-15-5-16-32-53)59-37-21-22-38-60(59)64(67)54-33-17-6-18-34-54)56-43-49(46-25-9-2-10-26-46)40-50(44-56)48-39-47(45-23-7-1-8-24-45)41-55(42-48)66-62(52-29-13-4-14-30-52)58-36-20-19-35-57(58)61-51-27-11-3-12-28-51/h1-44,61,66H. The van der Waals surface area contributed by atoms with E-state index in [1.807, 2.05) is 60.7 Å². The number of nitrogens with zero attached hydrogens (tertiary/aromatic N) is 3. The molecule has 0 saturated heterocycles. The van der Waals surface area contributed by atoms with Gasteiger partial charge in [-0.25, -0.2) is 0 Å². The Bertz CT molecular complexity index is 3270. The number of hydrogen-bond donors (Lipinski definition) is 1. The van der Waals surface area contributed by atoms with Crippen LogP contribution in [0, 0.1) is 0 Å². The van der Waals surface area contributed by atoms with Crippen molar-refractivity contribution < 1.29 is 4.57 Å². The third kappa shape index (κ3) is 8.32. The number of benzene rings is 10. The molecule has 10 aromatic rings. The molecule has 1 aliphatic heterocycles. The summed E-state index contributed by atoms with van der Waals surface area (Å²) in [7, 11) is -3.52. The van der Waals surface area contributed by atoms with Crippen LogP contribution in [0.4, 0.5) is 45.5 Å². The van der Waals surface area contributed by atoms with Crippen molar-refractivity contribution in [3.63, 3.8) is 0 Å². The lowest BCUT2D eigenvalue weighted by Crippen LogP contribution is -2.27. The van der Waals surface area contributed by atoms with E-state index in [0.29, 0.717) is 0 Å². The Morgan fingerprint density at radius 2 is 0.791 bits per heavy atom. The van der Waals surface area contributed by atoms with Crippen LogP contribution in [-0.4, -0.2) is 0 Å². The van der Waals surface area contributed by atoms with Gasteiger partial charge in [0.1, 0.15) is 0 Å². The summed E-state index contributed by atoms with van der Waals surface area (Å²) in [5, 5.41) is 5.59. The number of anilines is 8. The molecule has 0 radical (unpaired) electrons. The van der Waals surface area contributed by atoms with E-state index in [2.05, 4.69) is 226 Å². The second-order valence-electron chi connectivity index (χ2n) is 16.4. The molecule has 0 spiro atoms. The van der Waals surface area contributed by atoms with Crippen LogP contribution in [0.25, 0.3) is 33.4 Å². The molecule has 5 nitrogen and oxygen atoms in total. The van der Waals surface area contributed by atoms with E-state index in [1.54, 1.807) is 0 Å². The summed E-state index contributed by atoms with van der Waals surface area (Å²) < 4.78 is 23.7. The zero-order valence-electron chi connectivity index (χ0n) is 36.6. The van der Waals surface area contributed by atoms with Gasteiger partial charge in [-0.2, -0.15) is 0 Å². The van der Waals surface area contributed by atoms with Crippen molar-refractivity contribution in [2.24, 2.45) is 0 Å². The minimum atomic E-state index is -3.73. The number of rotatable bonds is 12. The van der Waals surface area contributed by atoms with Crippen LogP contribution >= 0.6 is 16.2 Å². The maximum atomic E-state index is 17.1. The minimum absolute atomic E-state index is 0.211. The van der Waals surface area contributed by atoms with Gasteiger partial charge < -0.3 is 9.99 Å².